The standard InChI is InChI=1S/C15H15ClN4O/c1-20-9-10(16)8-13(20)15(21)17-7-6-14-18-11-4-2-3-5-12(11)19-14/h2-5,8-9H,6-7H2,1H3,(H,17,21)(H,18,19). The summed E-state index contributed by atoms with van der Waals surface area (Å²) >= 11 is 5.87. The molecule has 0 bridgehead atoms. The highest BCUT2D eigenvalue weighted by molar-refractivity contribution is 6.31. The largest absolute Gasteiger partial charge is 0.350 e. The number of nitrogens with one attached hydrogen (secondary N) is 2. The predicted octanol–water partition coefficient (Wildman–Crippen LogP) is 2.53. The average Bonchev–Trinajstić information content (AvgIpc) is 3.01. The molecular weight excluding hydrogens is 288 g/mol. The number of aryl methyl sites for hydroxylation is 1. The van der Waals surface area contributed by atoms with Gasteiger partial charge in [-0.05, 0) is 18.2 Å². The van der Waals surface area contributed by atoms with Crippen molar-refractivity contribution in [2.45, 2.75) is 6.42 Å². The van der Waals surface area contributed by atoms with Crippen LogP contribution in [0.3, 0.4) is 0 Å². The Morgan fingerprint density at radius 1 is 1.43 bits per heavy atom. The zero-order chi connectivity index (χ0) is 14.8. The van der Waals surface area contributed by atoms with Crippen LogP contribution in [0.25, 0.3) is 11.0 Å². The lowest BCUT2D eigenvalue weighted by molar-refractivity contribution is 0.0946. The van der Waals surface area contributed by atoms with Gasteiger partial charge in [-0.25, -0.2) is 4.98 Å². The summed E-state index contributed by atoms with van der Waals surface area (Å²) in [5, 5.41) is 3.42. The molecule has 2 heterocycles. The van der Waals surface area contributed by atoms with Crippen molar-refractivity contribution in [2.75, 3.05) is 6.54 Å². The van der Waals surface area contributed by atoms with E-state index in [9.17, 15) is 4.79 Å². The Bertz CT molecular complexity index is 757. The number of rotatable bonds is 4. The lowest BCUT2D eigenvalue weighted by atomic mass is 10.3. The fraction of sp³-hybridized carbons (Fsp3) is 0.200. The topological polar surface area (TPSA) is 62.7 Å². The number of halogens is 1. The Labute approximate surface area is 126 Å². The van der Waals surface area contributed by atoms with Gasteiger partial charge in [0.05, 0.1) is 16.1 Å². The monoisotopic (exact) mass is 302 g/mol. The van der Waals surface area contributed by atoms with Gasteiger partial charge in [-0.15, -0.1) is 0 Å². The number of H-pyrrole nitrogens is 1. The number of carbonyl (C=O) groups is 1. The number of amides is 1. The van der Waals surface area contributed by atoms with Gasteiger partial charge in [0.15, 0.2) is 0 Å². The number of hydrogen-bond acceptors (Lipinski definition) is 2. The molecule has 0 saturated carbocycles. The Morgan fingerprint density at radius 2 is 2.24 bits per heavy atom. The maximum Gasteiger partial charge on any atom is 0.267 e. The fourth-order valence-electron chi connectivity index (χ4n) is 2.26. The summed E-state index contributed by atoms with van der Waals surface area (Å²) in [4.78, 5) is 19.7. The van der Waals surface area contributed by atoms with Gasteiger partial charge in [-0.3, -0.25) is 4.79 Å². The molecule has 0 spiro atoms. The van der Waals surface area contributed by atoms with E-state index in [4.69, 9.17) is 11.6 Å². The minimum atomic E-state index is -0.138. The highest BCUT2D eigenvalue weighted by Crippen LogP contribution is 2.13. The predicted molar refractivity (Wildman–Crippen MR) is 82.6 cm³/mol. The first kappa shape index (κ1) is 13.7. The Balaban J connectivity index is 1.60. The quantitative estimate of drug-likeness (QED) is 0.778. The number of aromatic amines is 1. The van der Waals surface area contributed by atoms with Crippen molar-refractivity contribution in [3.63, 3.8) is 0 Å². The molecule has 0 unspecified atom stereocenters. The molecule has 2 aromatic heterocycles. The van der Waals surface area contributed by atoms with E-state index in [0.717, 1.165) is 16.9 Å². The minimum absolute atomic E-state index is 0.138. The van der Waals surface area contributed by atoms with Crippen LogP contribution >= 0.6 is 11.6 Å². The lowest BCUT2D eigenvalue weighted by Gasteiger charge is -2.04. The third kappa shape index (κ3) is 2.92. The van der Waals surface area contributed by atoms with E-state index in [1.165, 1.54) is 0 Å². The van der Waals surface area contributed by atoms with E-state index < -0.39 is 0 Å². The van der Waals surface area contributed by atoms with E-state index in [2.05, 4.69) is 15.3 Å². The van der Waals surface area contributed by atoms with Crippen LogP contribution in [0.5, 0.6) is 0 Å². The van der Waals surface area contributed by atoms with Crippen LogP contribution in [0.1, 0.15) is 16.3 Å². The molecule has 0 fully saturated rings. The van der Waals surface area contributed by atoms with Crippen molar-refractivity contribution in [3.8, 4) is 0 Å². The van der Waals surface area contributed by atoms with Crippen LogP contribution in [-0.4, -0.2) is 27.0 Å². The van der Waals surface area contributed by atoms with Gasteiger partial charge in [0.2, 0.25) is 0 Å². The summed E-state index contributed by atoms with van der Waals surface area (Å²) in [6.07, 6.45) is 2.36. The normalized spacial score (nSPS) is 11.0. The molecule has 0 atom stereocenters. The molecule has 0 aliphatic carbocycles. The van der Waals surface area contributed by atoms with E-state index in [-0.39, 0.29) is 5.91 Å². The average molecular weight is 303 g/mol. The van der Waals surface area contributed by atoms with Gasteiger partial charge >= 0.3 is 0 Å². The van der Waals surface area contributed by atoms with Gasteiger partial charge in [-0.2, -0.15) is 0 Å². The van der Waals surface area contributed by atoms with Crippen LogP contribution < -0.4 is 5.32 Å². The molecule has 5 nitrogen and oxygen atoms in total. The number of nitrogens with zero attached hydrogens (tertiary/aromatic N) is 2. The van der Waals surface area contributed by atoms with Gasteiger partial charge in [0.1, 0.15) is 11.5 Å². The number of hydrogen-bond donors (Lipinski definition) is 2. The number of fused-ring (bicyclic) bond motifs is 1. The second-order valence-corrected chi connectivity index (χ2v) is 5.30. The van der Waals surface area contributed by atoms with Crippen molar-refractivity contribution < 1.29 is 4.79 Å². The first-order valence-electron chi connectivity index (χ1n) is 6.67. The molecule has 1 amide bonds. The third-order valence-corrected chi connectivity index (χ3v) is 3.50. The van der Waals surface area contributed by atoms with E-state index in [0.29, 0.717) is 23.7 Å². The molecule has 6 heteroatoms. The Kier molecular flexibility index (Phi) is 3.66. The molecule has 1 aromatic carbocycles. The smallest absolute Gasteiger partial charge is 0.267 e. The molecule has 108 valence electrons. The molecule has 0 radical (unpaired) electrons. The number of aromatic nitrogens is 3. The zero-order valence-corrected chi connectivity index (χ0v) is 12.3. The number of carbonyl (C=O) groups excluding carboxylic acids is 1. The van der Waals surface area contributed by atoms with Crippen LogP contribution in [0.15, 0.2) is 36.5 Å². The van der Waals surface area contributed by atoms with Gasteiger partial charge in [-0.1, -0.05) is 23.7 Å². The summed E-state index contributed by atoms with van der Waals surface area (Å²) in [6.45, 7) is 0.515. The SMILES string of the molecule is Cn1cc(Cl)cc1C(=O)NCCc1nc2ccccc2[nH]1. The summed E-state index contributed by atoms with van der Waals surface area (Å²) in [5.74, 6) is 0.724. The highest BCUT2D eigenvalue weighted by atomic mass is 35.5. The summed E-state index contributed by atoms with van der Waals surface area (Å²) in [5.41, 5.74) is 2.49. The van der Waals surface area contributed by atoms with E-state index >= 15 is 0 Å². The zero-order valence-electron chi connectivity index (χ0n) is 11.6. The third-order valence-electron chi connectivity index (χ3n) is 3.29. The van der Waals surface area contributed by atoms with Crippen molar-refractivity contribution in [3.05, 3.63) is 53.1 Å². The van der Waals surface area contributed by atoms with E-state index in [1.807, 2.05) is 24.3 Å². The van der Waals surface area contributed by atoms with Crippen LogP contribution in [0.4, 0.5) is 0 Å². The number of para-hydroxylation sites is 2. The van der Waals surface area contributed by atoms with E-state index in [1.54, 1.807) is 23.9 Å². The van der Waals surface area contributed by atoms with Crippen LogP contribution in [-0.2, 0) is 13.5 Å². The van der Waals surface area contributed by atoms with Crippen molar-refractivity contribution in [2.24, 2.45) is 7.05 Å². The molecule has 2 N–H and O–H groups in total. The number of imidazole rings is 1. The maximum atomic E-state index is 12.0. The van der Waals surface area contributed by atoms with Crippen LogP contribution in [0, 0.1) is 0 Å². The molecule has 0 aliphatic heterocycles. The summed E-state index contributed by atoms with van der Waals surface area (Å²) < 4.78 is 1.71. The van der Waals surface area contributed by atoms with Crippen molar-refractivity contribution in [1.82, 2.24) is 19.9 Å². The molecule has 0 saturated heterocycles. The number of benzene rings is 1. The second kappa shape index (κ2) is 5.61. The van der Waals surface area contributed by atoms with Crippen molar-refractivity contribution in [1.29, 1.82) is 0 Å². The fourth-order valence-corrected chi connectivity index (χ4v) is 2.51. The molecule has 3 rings (SSSR count). The first-order chi connectivity index (χ1) is 10.1. The Hall–Kier alpha value is -2.27. The summed E-state index contributed by atoms with van der Waals surface area (Å²) in [7, 11) is 1.79. The maximum absolute atomic E-state index is 12.0. The van der Waals surface area contributed by atoms with Gasteiger partial charge < -0.3 is 14.9 Å². The lowest BCUT2D eigenvalue weighted by Crippen LogP contribution is -2.27. The molecule has 21 heavy (non-hydrogen) atoms. The van der Waals surface area contributed by atoms with Crippen molar-refractivity contribution >= 4 is 28.5 Å². The second-order valence-electron chi connectivity index (χ2n) is 4.86. The Morgan fingerprint density at radius 3 is 2.95 bits per heavy atom. The van der Waals surface area contributed by atoms with Gasteiger partial charge in [0.25, 0.3) is 5.91 Å². The van der Waals surface area contributed by atoms with Gasteiger partial charge in [0, 0.05) is 26.2 Å². The highest BCUT2D eigenvalue weighted by Gasteiger charge is 2.11. The summed E-state index contributed by atoms with van der Waals surface area (Å²) in [6, 6.07) is 9.51. The molecular formula is C15H15ClN4O. The first-order valence-corrected chi connectivity index (χ1v) is 7.05. The van der Waals surface area contributed by atoms with Crippen LogP contribution in [0.2, 0.25) is 5.02 Å². The minimum Gasteiger partial charge on any atom is -0.350 e. The molecule has 0 aliphatic rings. The molecule has 3 aromatic rings.